The van der Waals surface area contributed by atoms with Crippen molar-refractivity contribution < 1.29 is 14.3 Å². The summed E-state index contributed by atoms with van der Waals surface area (Å²) in [5, 5.41) is 6.83. The van der Waals surface area contributed by atoms with Crippen molar-refractivity contribution in [2.45, 2.75) is 102 Å². The van der Waals surface area contributed by atoms with Gasteiger partial charge in [-0.15, -0.1) is 0 Å². The Morgan fingerprint density at radius 3 is 2.65 bits per heavy atom. The highest BCUT2D eigenvalue weighted by Crippen LogP contribution is 2.24. The lowest BCUT2D eigenvalue weighted by molar-refractivity contribution is -0.00563. The quantitative estimate of drug-likeness (QED) is 0.813. The molecule has 2 N–H and O–H groups in total. The number of nitrogens with one attached hydrogen (secondary N) is 2. The topological polar surface area (TPSA) is 59.6 Å². The van der Waals surface area contributed by atoms with Gasteiger partial charge in [0.15, 0.2) is 0 Å². The fraction of sp³-hybridized carbons (Fsp3) is 0.944. The standard InChI is InChI=1S/C18H34N2O3/c1-5-7-14-12-13(10-11-22-14)19-15-8-6-9-16(15)20-17(21)23-18(2,3)4/h13-16,19H,5-12H2,1-4H3,(H,20,21). The molecular formula is C18H34N2O3. The van der Waals surface area contributed by atoms with Crippen LogP contribution in [0.3, 0.4) is 0 Å². The van der Waals surface area contributed by atoms with Gasteiger partial charge in [-0.25, -0.2) is 4.79 Å². The molecule has 2 fully saturated rings. The molecule has 134 valence electrons. The first-order chi connectivity index (χ1) is 10.9. The maximum absolute atomic E-state index is 12.0. The second-order valence-electron chi connectivity index (χ2n) is 7.96. The molecule has 0 radical (unpaired) electrons. The summed E-state index contributed by atoms with van der Waals surface area (Å²) in [6.45, 7) is 8.74. The average Bonchev–Trinajstić information content (AvgIpc) is 2.84. The molecule has 1 saturated heterocycles. The Bertz CT molecular complexity index is 379. The molecule has 4 atom stereocenters. The molecular weight excluding hydrogens is 292 g/mol. The maximum atomic E-state index is 12.0. The molecule has 1 heterocycles. The number of amides is 1. The van der Waals surface area contributed by atoms with Gasteiger partial charge in [0.05, 0.1) is 6.10 Å². The molecule has 5 nitrogen and oxygen atoms in total. The van der Waals surface area contributed by atoms with Gasteiger partial charge in [-0.2, -0.15) is 0 Å². The van der Waals surface area contributed by atoms with E-state index in [1.807, 2.05) is 20.8 Å². The van der Waals surface area contributed by atoms with E-state index in [0.717, 1.165) is 45.1 Å². The molecule has 1 saturated carbocycles. The molecule has 0 aromatic carbocycles. The molecule has 4 unspecified atom stereocenters. The van der Waals surface area contributed by atoms with Crippen LogP contribution >= 0.6 is 0 Å². The molecule has 1 aliphatic carbocycles. The monoisotopic (exact) mass is 326 g/mol. The largest absolute Gasteiger partial charge is 0.444 e. The number of alkyl carbamates (subject to hydrolysis) is 1. The average molecular weight is 326 g/mol. The zero-order chi connectivity index (χ0) is 16.9. The normalized spacial score (nSPS) is 31.8. The molecule has 5 heteroatoms. The van der Waals surface area contributed by atoms with E-state index in [0.29, 0.717) is 18.2 Å². The highest BCUT2D eigenvalue weighted by molar-refractivity contribution is 5.68. The summed E-state index contributed by atoms with van der Waals surface area (Å²) in [5.41, 5.74) is -0.445. The van der Waals surface area contributed by atoms with Gasteiger partial charge in [0.25, 0.3) is 0 Å². The van der Waals surface area contributed by atoms with E-state index in [2.05, 4.69) is 17.6 Å². The van der Waals surface area contributed by atoms with Crippen LogP contribution in [-0.2, 0) is 9.47 Å². The first-order valence-electron chi connectivity index (χ1n) is 9.24. The number of carbonyl (C=O) groups is 1. The Morgan fingerprint density at radius 2 is 1.96 bits per heavy atom. The minimum absolute atomic E-state index is 0.178. The number of hydrogen-bond donors (Lipinski definition) is 2. The van der Waals surface area contributed by atoms with Crippen LogP contribution < -0.4 is 10.6 Å². The Balaban J connectivity index is 1.80. The molecule has 23 heavy (non-hydrogen) atoms. The molecule has 0 aromatic heterocycles. The summed E-state index contributed by atoms with van der Waals surface area (Å²) >= 11 is 0. The van der Waals surface area contributed by atoms with Crippen molar-refractivity contribution in [2.75, 3.05) is 6.61 Å². The van der Waals surface area contributed by atoms with Gasteiger partial charge < -0.3 is 20.1 Å². The Morgan fingerprint density at radius 1 is 1.22 bits per heavy atom. The zero-order valence-corrected chi connectivity index (χ0v) is 15.2. The predicted molar refractivity (Wildman–Crippen MR) is 91.6 cm³/mol. The van der Waals surface area contributed by atoms with E-state index >= 15 is 0 Å². The van der Waals surface area contributed by atoms with Crippen LogP contribution in [-0.4, -0.2) is 42.5 Å². The van der Waals surface area contributed by atoms with Crippen LogP contribution in [0.1, 0.15) is 72.6 Å². The lowest BCUT2D eigenvalue weighted by Gasteiger charge is -2.34. The number of hydrogen-bond acceptors (Lipinski definition) is 4. The molecule has 0 bridgehead atoms. The molecule has 2 rings (SSSR count). The Labute approximate surface area is 140 Å². The Kier molecular flexibility index (Phi) is 6.72. The molecule has 2 aliphatic rings. The van der Waals surface area contributed by atoms with Crippen molar-refractivity contribution in [3.05, 3.63) is 0 Å². The molecule has 0 aromatic rings. The van der Waals surface area contributed by atoms with Crippen LogP contribution in [0.25, 0.3) is 0 Å². The van der Waals surface area contributed by atoms with E-state index in [-0.39, 0.29) is 12.1 Å². The summed E-state index contributed by atoms with van der Waals surface area (Å²) in [7, 11) is 0. The smallest absolute Gasteiger partial charge is 0.407 e. The Hall–Kier alpha value is -0.810. The van der Waals surface area contributed by atoms with Crippen LogP contribution in [0.15, 0.2) is 0 Å². The number of rotatable bonds is 5. The molecule has 1 amide bonds. The van der Waals surface area contributed by atoms with Gasteiger partial charge in [0.2, 0.25) is 0 Å². The van der Waals surface area contributed by atoms with Gasteiger partial charge in [-0.3, -0.25) is 0 Å². The van der Waals surface area contributed by atoms with Crippen molar-refractivity contribution in [3.8, 4) is 0 Å². The maximum Gasteiger partial charge on any atom is 0.407 e. The predicted octanol–water partition coefficient (Wildman–Crippen LogP) is 3.37. The van der Waals surface area contributed by atoms with Crippen molar-refractivity contribution in [2.24, 2.45) is 0 Å². The highest BCUT2D eigenvalue weighted by atomic mass is 16.6. The third-order valence-corrected chi connectivity index (χ3v) is 4.65. The number of carbonyl (C=O) groups excluding carboxylic acids is 1. The summed E-state index contributed by atoms with van der Waals surface area (Å²) in [6, 6.07) is 1.04. The molecule has 1 aliphatic heterocycles. The molecule has 0 spiro atoms. The highest BCUT2D eigenvalue weighted by Gasteiger charge is 2.33. The van der Waals surface area contributed by atoms with Crippen LogP contribution in [0, 0.1) is 0 Å². The first-order valence-corrected chi connectivity index (χ1v) is 9.24. The lowest BCUT2D eigenvalue weighted by Crippen LogP contribution is -2.52. The van der Waals surface area contributed by atoms with Gasteiger partial charge in [0.1, 0.15) is 5.60 Å². The van der Waals surface area contributed by atoms with E-state index < -0.39 is 5.60 Å². The summed E-state index contributed by atoms with van der Waals surface area (Å²) in [5.74, 6) is 0. The van der Waals surface area contributed by atoms with Gasteiger partial charge in [-0.1, -0.05) is 13.3 Å². The van der Waals surface area contributed by atoms with E-state index in [1.54, 1.807) is 0 Å². The lowest BCUT2D eigenvalue weighted by atomic mass is 9.98. The van der Waals surface area contributed by atoms with Crippen LogP contribution in [0.5, 0.6) is 0 Å². The number of ether oxygens (including phenoxy) is 2. The summed E-state index contributed by atoms with van der Waals surface area (Å²) < 4.78 is 11.2. The van der Waals surface area contributed by atoms with Crippen molar-refractivity contribution in [1.29, 1.82) is 0 Å². The first kappa shape index (κ1) is 18.5. The zero-order valence-electron chi connectivity index (χ0n) is 15.2. The van der Waals surface area contributed by atoms with Crippen molar-refractivity contribution in [1.82, 2.24) is 10.6 Å². The second kappa shape index (κ2) is 8.34. The fourth-order valence-corrected chi connectivity index (χ4v) is 3.65. The summed E-state index contributed by atoms with van der Waals surface area (Å²) in [4.78, 5) is 12.0. The van der Waals surface area contributed by atoms with Gasteiger partial charge in [0, 0.05) is 24.7 Å². The third kappa shape index (κ3) is 6.30. The van der Waals surface area contributed by atoms with Gasteiger partial charge in [-0.05, 0) is 59.3 Å². The minimum Gasteiger partial charge on any atom is -0.444 e. The fourth-order valence-electron chi connectivity index (χ4n) is 3.65. The van der Waals surface area contributed by atoms with Crippen LogP contribution in [0.4, 0.5) is 4.79 Å². The van der Waals surface area contributed by atoms with E-state index in [9.17, 15) is 4.79 Å². The van der Waals surface area contributed by atoms with Gasteiger partial charge >= 0.3 is 6.09 Å². The third-order valence-electron chi connectivity index (χ3n) is 4.65. The van der Waals surface area contributed by atoms with Crippen molar-refractivity contribution in [3.63, 3.8) is 0 Å². The summed E-state index contributed by atoms with van der Waals surface area (Å²) in [6.07, 6.45) is 7.86. The SMILES string of the molecule is CCCC1CC(NC2CCCC2NC(=O)OC(C)(C)C)CCO1. The minimum atomic E-state index is -0.445. The van der Waals surface area contributed by atoms with E-state index in [4.69, 9.17) is 9.47 Å². The van der Waals surface area contributed by atoms with Crippen LogP contribution in [0.2, 0.25) is 0 Å². The van der Waals surface area contributed by atoms with Crippen molar-refractivity contribution >= 4 is 6.09 Å². The van der Waals surface area contributed by atoms with E-state index in [1.165, 1.54) is 6.42 Å². The second-order valence-corrected chi connectivity index (χ2v) is 7.96.